The Balaban J connectivity index is 1.53. The van der Waals surface area contributed by atoms with Gasteiger partial charge in [-0.05, 0) is 49.4 Å². The first-order valence-electron chi connectivity index (χ1n) is 9.55. The number of methoxy groups -OCH3 is 1. The van der Waals surface area contributed by atoms with Gasteiger partial charge in [0, 0.05) is 19.8 Å². The van der Waals surface area contributed by atoms with E-state index in [-0.39, 0.29) is 0 Å². The number of benzene rings is 1. The topological polar surface area (TPSA) is 91.5 Å². The van der Waals surface area contributed by atoms with Gasteiger partial charge in [-0.2, -0.15) is 0 Å². The molecule has 2 heterocycles. The van der Waals surface area contributed by atoms with Gasteiger partial charge in [0.15, 0.2) is 11.5 Å². The molecule has 0 atom stereocenters. The molecule has 0 saturated carbocycles. The van der Waals surface area contributed by atoms with Crippen LogP contribution in [-0.2, 0) is 11.3 Å². The second-order valence-corrected chi connectivity index (χ2v) is 6.87. The Morgan fingerprint density at radius 1 is 1.25 bits per heavy atom. The maximum absolute atomic E-state index is 5.79. The predicted octanol–water partition coefficient (Wildman–Crippen LogP) is 3.11. The molecule has 0 amide bonds. The molecule has 1 aromatic carbocycles. The van der Waals surface area contributed by atoms with Crippen LogP contribution in [0.1, 0.15) is 30.5 Å². The maximum atomic E-state index is 5.79. The summed E-state index contributed by atoms with van der Waals surface area (Å²) in [5, 5.41) is 3.51. The van der Waals surface area contributed by atoms with E-state index in [9.17, 15) is 0 Å². The van der Waals surface area contributed by atoms with Crippen molar-refractivity contribution in [1.29, 1.82) is 0 Å². The van der Waals surface area contributed by atoms with Gasteiger partial charge in [0.1, 0.15) is 5.69 Å². The molecule has 1 aliphatic rings. The summed E-state index contributed by atoms with van der Waals surface area (Å²) in [6.07, 6.45) is 6.57. The molecule has 150 valence electrons. The molecule has 3 N–H and O–H groups in total. The van der Waals surface area contributed by atoms with Gasteiger partial charge in [0.05, 0.1) is 25.2 Å². The molecule has 0 radical (unpaired) electrons. The van der Waals surface area contributed by atoms with Crippen LogP contribution >= 0.6 is 0 Å². The van der Waals surface area contributed by atoms with Crippen molar-refractivity contribution in [1.82, 2.24) is 15.3 Å². The van der Waals surface area contributed by atoms with Crippen LogP contribution in [0.4, 0.5) is 0 Å². The van der Waals surface area contributed by atoms with Crippen LogP contribution < -0.4 is 20.5 Å². The number of hydrogen-bond acceptors (Lipinski definition) is 7. The fourth-order valence-electron chi connectivity index (χ4n) is 3.13. The molecule has 1 aromatic heterocycles. The van der Waals surface area contributed by atoms with Gasteiger partial charge >= 0.3 is 0 Å². The Labute approximate surface area is 165 Å². The van der Waals surface area contributed by atoms with Crippen LogP contribution in [0.3, 0.4) is 0 Å². The Morgan fingerprint density at radius 2 is 2.07 bits per heavy atom. The van der Waals surface area contributed by atoms with Crippen LogP contribution in [0.2, 0.25) is 0 Å². The van der Waals surface area contributed by atoms with E-state index in [0.29, 0.717) is 28.8 Å². The zero-order valence-electron chi connectivity index (χ0n) is 16.3. The number of nitrogens with two attached hydrogens (primary N) is 1. The summed E-state index contributed by atoms with van der Waals surface area (Å²) in [6, 6.07) is 5.87. The van der Waals surface area contributed by atoms with E-state index in [0.717, 1.165) is 37.8 Å². The first-order chi connectivity index (χ1) is 13.7. The molecular formula is C21H28N4O3. The van der Waals surface area contributed by atoms with Crippen molar-refractivity contribution in [2.75, 3.05) is 26.9 Å². The van der Waals surface area contributed by atoms with E-state index >= 15 is 0 Å². The highest BCUT2D eigenvalue weighted by Crippen LogP contribution is 2.31. The lowest BCUT2D eigenvalue weighted by atomic mass is 9.97. The Kier molecular flexibility index (Phi) is 7.22. The fourth-order valence-corrected chi connectivity index (χ4v) is 3.13. The van der Waals surface area contributed by atoms with Gasteiger partial charge in [-0.3, -0.25) is 0 Å². The van der Waals surface area contributed by atoms with Gasteiger partial charge < -0.3 is 25.3 Å². The molecule has 3 rings (SSSR count). The van der Waals surface area contributed by atoms with E-state index < -0.39 is 0 Å². The normalized spacial score (nSPS) is 14.6. The van der Waals surface area contributed by atoms with Crippen molar-refractivity contribution in [3.8, 4) is 17.4 Å². The van der Waals surface area contributed by atoms with E-state index in [1.807, 2.05) is 18.2 Å². The van der Waals surface area contributed by atoms with Gasteiger partial charge in [-0.15, -0.1) is 0 Å². The number of nitrogens with one attached hydrogen (secondary N) is 1. The molecule has 2 aromatic rings. The highest BCUT2D eigenvalue weighted by atomic mass is 16.5. The molecule has 28 heavy (non-hydrogen) atoms. The summed E-state index contributed by atoms with van der Waals surface area (Å²) in [5.41, 5.74) is 7.63. The van der Waals surface area contributed by atoms with Gasteiger partial charge in [0.25, 0.3) is 0 Å². The Bertz CT molecular complexity index is 774. The Hall–Kier alpha value is -2.64. The van der Waals surface area contributed by atoms with E-state index in [4.69, 9.17) is 19.9 Å². The summed E-state index contributed by atoms with van der Waals surface area (Å²) in [4.78, 5) is 8.36. The summed E-state index contributed by atoms with van der Waals surface area (Å²) in [5.74, 6) is 2.38. The molecule has 1 fully saturated rings. The first kappa shape index (κ1) is 20.1. The van der Waals surface area contributed by atoms with Crippen molar-refractivity contribution >= 4 is 5.70 Å². The van der Waals surface area contributed by atoms with Crippen LogP contribution in [0.15, 0.2) is 37.2 Å². The van der Waals surface area contributed by atoms with Gasteiger partial charge in [-0.1, -0.05) is 12.6 Å². The summed E-state index contributed by atoms with van der Waals surface area (Å²) in [7, 11) is 1.62. The largest absolute Gasteiger partial charge is 0.493 e. The molecule has 0 spiro atoms. The first-order valence-corrected chi connectivity index (χ1v) is 9.55. The highest BCUT2D eigenvalue weighted by molar-refractivity contribution is 5.55. The predicted molar refractivity (Wildman–Crippen MR) is 108 cm³/mol. The van der Waals surface area contributed by atoms with Crippen LogP contribution in [0.25, 0.3) is 5.70 Å². The SMILES string of the molecule is C=C(N)c1cnc(Oc2ccc(CNCCC3CCOCC3)cc2OC)cn1. The molecule has 7 heteroatoms. The number of nitrogens with zero attached hydrogens (tertiary/aromatic N) is 2. The lowest BCUT2D eigenvalue weighted by Gasteiger charge is -2.22. The number of rotatable bonds is 9. The average molecular weight is 384 g/mol. The molecule has 7 nitrogen and oxygen atoms in total. The van der Waals surface area contributed by atoms with E-state index in [2.05, 4.69) is 21.9 Å². The minimum absolute atomic E-state index is 0.366. The number of aromatic nitrogens is 2. The average Bonchev–Trinajstić information content (AvgIpc) is 2.73. The molecule has 0 unspecified atom stereocenters. The molecule has 0 bridgehead atoms. The van der Waals surface area contributed by atoms with Crippen molar-refractivity contribution in [3.63, 3.8) is 0 Å². The molecule has 1 saturated heterocycles. The van der Waals surface area contributed by atoms with Crippen molar-refractivity contribution in [3.05, 3.63) is 48.4 Å². The monoisotopic (exact) mass is 384 g/mol. The summed E-state index contributed by atoms with van der Waals surface area (Å²) >= 11 is 0. The van der Waals surface area contributed by atoms with E-state index in [1.165, 1.54) is 31.7 Å². The second kappa shape index (κ2) is 10.1. The van der Waals surface area contributed by atoms with Gasteiger partial charge in [-0.25, -0.2) is 9.97 Å². The summed E-state index contributed by atoms with van der Waals surface area (Å²) in [6.45, 7) is 7.22. The molecule has 0 aliphatic carbocycles. The third-order valence-electron chi connectivity index (χ3n) is 4.80. The lowest BCUT2D eigenvalue weighted by Crippen LogP contribution is -2.22. The quantitative estimate of drug-likeness (QED) is 0.642. The third kappa shape index (κ3) is 5.68. The van der Waals surface area contributed by atoms with Crippen LogP contribution in [-0.4, -0.2) is 36.8 Å². The zero-order chi connectivity index (χ0) is 19.8. The highest BCUT2D eigenvalue weighted by Gasteiger charge is 2.13. The van der Waals surface area contributed by atoms with Crippen molar-refractivity contribution in [2.45, 2.75) is 25.8 Å². The van der Waals surface area contributed by atoms with Crippen LogP contribution in [0, 0.1) is 5.92 Å². The van der Waals surface area contributed by atoms with Gasteiger partial charge in [0.2, 0.25) is 5.88 Å². The molecule has 1 aliphatic heterocycles. The standard InChI is InChI=1S/C21H28N4O3/c1-15(22)18-13-25-21(14-24-18)28-19-4-3-17(11-20(19)26-2)12-23-8-5-16-6-9-27-10-7-16/h3-4,11,13-14,16,23H,1,5-10,12,22H2,2H3. The second-order valence-electron chi connectivity index (χ2n) is 6.87. The summed E-state index contributed by atoms with van der Waals surface area (Å²) < 4.78 is 16.7. The zero-order valence-corrected chi connectivity index (χ0v) is 16.3. The van der Waals surface area contributed by atoms with Crippen molar-refractivity contribution < 1.29 is 14.2 Å². The fraction of sp³-hybridized carbons (Fsp3) is 0.429. The minimum atomic E-state index is 0.366. The van der Waals surface area contributed by atoms with Crippen molar-refractivity contribution in [2.24, 2.45) is 11.7 Å². The smallest absolute Gasteiger partial charge is 0.238 e. The third-order valence-corrected chi connectivity index (χ3v) is 4.80. The van der Waals surface area contributed by atoms with E-state index in [1.54, 1.807) is 7.11 Å². The minimum Gasteiger partial charge on any atom is -0.493 e. The lowest BCUT2D eigenvalue weighted by molar-refractivity contribution is 0.0639. The Morgan fingerprint density at radius 3 is 2.75 bits per heavy atom. The van der Waals surface area contributed by atoms with Crippen LogP contribution in [0.5, 0.6) is 17.4 Å². The number of ether oxygens (including phenoxy) is 3. The molecular weight excluding hydrogens is 356 g/mol. The number of hydrogen-bond donors (Lipinski definition) is 2. The maximum Gasteiger partial charge on any atom is 0.238 e.